The first-order chi connectivity index (χ1) is 11.2. The van der Waals surface area contributed by atoms with E-state index < -0.39 is 23.8 Å². The van der Waals surface area contributed by atoms with Gasteiger partial charge in [0.05, 0.1) is 6.54 Å². The number of nitrogens with zero attached hydrogens (tertiary/aromatic N) is 2. The zero-order valence-corrected chi connectivity index (χ0v) is 14.1. The summed E-state index contributed by atoms with van der Waals surface area (Å²) in [5.74, 6) is -0.299. The lowest BCUT2D eigenvalue weighted by Gasteiger charge is -2.39. The number of amides is 2. The number of carbonyl (C=O) groups is 3. The second-order valence-electron chi connectivity index (χ2n) is 6.65. The Morgan fingerprint density at radius 2 is 1.75 bits per heavy atom. The number of ether oxygens (including phenoxy) is 1. The van der Waals surface area contributed by atoms with Crippen molar-refractivity contribution in [3.63, 3.8) is 0 Å². The lowest BCUT2D eigenvalue weighted by atomic mass is 10.0. The topological polar surface area (TPSA) is 87.2 Å². The number of carboxylic acid groups (broad SMARTS) is 1. The number of Topliss-reactive ketones (excluding diaryl/α,β-unsaturated/α-hetero) is 1. The molecule has 0 aliphatic carbocycles. The summed E-state index contributed by atoms with van der Waals surface area (Å²) in [6.07, 6.45) is -1.72. The van der Waals surface area contributed by atoms with Gasteiger partial charge in [-0.05, 0) is 20.8 Å². The highest BCUT2D eigenvalue weighted by atomic mass is 16.6. The van der Waals surface area contributed by atoms with Crippen LogP contribution in [0, 0.1) is 0 Å². The Balaban J connectivity index is 2.26. The van der Waals surface area contributed by atoms with Crippen LogP contribution in [0.1, 0.15) is 31.1 Å². The molecule has 0 spiro atoms. The van der Waals surface area contributed by atoms with Crippen LogP contribution in [-0.2, 0) is 4.74 Å². The molecule has 130 valence electrons. The summed E-state index contributed by atoms with van der Waals surface area (Å²) in [6.45, 7) is 5.42. The van der Waals surface area contributed by atoms with Gasteiger partial charge in [0, 0.05) is 18.7 Å². The van der Waals surface area contributed by atoms with Gasteiger partial charge in [0.15, 0.2) is 5.78 Å². The highest BCUT2D eigenvalue weighted by Gasteiger charge is 2.39. The molecule has 1 unspecified atom stereocenters. The fourth-order valence-corrected chi connectivity index (χ4v) is 2.51. The smallest absolute Gasteiger partial charge is 0.411 e. The largest absolute Gasteiger partial charge is 0.465 e. The Hall–Kier alpha value is -2.57. The van der Waals surface area contributed by atoms with Crippen molar-refractivity contribution in [2.45, 2.75) is 32.4 Å². The number of carbonyl (C=O) groups excluding carboxylic acids is 2. The van der Waals surface area contributed by atoms with E-state index in [1.54, 1.807) is 51.1 Å². The van der Waals surface area contributed by atoms with E-state index in [4.69, 9.17) is 4.74 Å². The minimum Gasteiger partial charge on any atom is -0.465 e. The number of ketones is 1. The molecule has 0 aromatic heterocycles. The third kappa shape index (κ3) is 4.24. The monoisotopic (exact) mass is 334 g/mol. The van der Waals surface area contributed by atoms with Crippen LogP contribution in [0.2, 0.25) is 0 Å². The maximum Gasteiger partial charge on any atom is 0.411 e. The average molecular weight is 334 g/mol. The van der Waals surface area contributed by atoms with Crippen LogP contribution in [0.4, 0.5) is 9.59 Å². The van der Waals surface area contributed by atoms with Gasteiger partial charge in [-0.2, -0.15) is 0 Å². The molecule has 7 nitrogen and oxygen atoms in total. The molecule has 1 aromatic carbocycles. The van der Waals surface area contributed by atoms with Gasteiger partial charge in [-0.1, -0.05) is 30.3 Å². The lowest BCUT2D eigenvalue weighted by Crippen LogP contribution is -2.59. The Kier molecular flexibility index (Phi) is 5.11. The molecule has 1 aliphatic rings. The van der Waals surface area contributed by atoms with E-state index >= 15 is 0 Å². The van der Waals surface area contributed by atoms with Crippen molar-refractivity contribution in [3.05, 3.63) is 35.9 Å². The molecule has 1 aliphatic heterocycles. The van der Waals surface area contributed by atoms with E-state index in [1.807, 2.05) is 0 Å². The van der Waals surface area contributed by atoms with Crippen molar-refractivity contribution < 1.29 is 24.2 Å². The third-order valence-electron chi connectivity index (χ3n) is 3.64. The molecule has 1 fully saturated rings. The summed E-state index contributed by atoms with van der Waals surface area (Å²) in [6, 6.07) is 7.63. The van der Waals surface area contributed by atoms with Crippen molar-refractivity contribution >= 4 is 18.0 Å². The van der Waals surface area contributed by atoms with Crippen molar-refractivity contribution in [2.24, 2.45) is 0 Å². The van der Waals surface area contributed by atoms with Crippen LogP contribution in [0.15, 0.2) is 30.3 Å². The number of rotatable bonds is 2. The summed E-state index contributed by atoms with van der Waals surface area (Å²) < 4.78 is 5.36. The third-order valence-corrected chi connectivity index (χ3v) is 3.64. The van der Waals surface area contributed by atoms with Crippen molar-refractivity contribution in [2.75, 3.05) is 19.6 Å². The minimum absolute atomic E-state index is 0.0672. The van der Waals surface area contributed by atoms with Gasteiger partial charge in [-0.25, -0.2) is 9.59 Å². The molecule has 1 atom stereocenters. The second-order valence-corrected chi connectivity index (χ2v) is 6.65. The second kappa shape index (κ2) is 6.90. The maximum absolute atomic E-state index is 12.8. The first-order valence-corrected chi connectivity index (χ1v) is 7.76. The van der Waals surface area contributed by atoms with Crippen LogP contribution in [0.25, 0.3) is 0 Å². The van der Waals surface area contributed by atoms with E-state index in [9.17, 15) is 19.5 Å². The normalized spacial score (nSPS) is 18.2. The van der Waals surface area contributed by atoms with Crippen molar-refractivity contribution in [3.8, 4) is 0 Å². The first-order valence-electron chi connectivity index (χ1n) is 7.76. The highest BCUT2D eigenvalue weighted by molar-refractivity contribution is 6.02. The van der Waals surface area contributed by atoms with Gasteiger partial charge in [0.25, 0.3) is 0 Å². The van der Waals surface area contributed by atoms with E-state index in [0.717, 1.165) is 4.90 Å². The zero-order valence-electron chi connectivity index (χ0n) is 14.1. The maximum atomic E-state index is 12.8. The molecule has 0 bridgehead atoms. The fourth-order valence-electron chi connectivity index (χ4n) is 2.51. The standard InChI is InChI=1S/C17H22N2O5/c1-17(2,3)24-16(23)19-10-9-18(15(21)22)11-13(19)14(20)12-7-5-4-6-8-12/h4-8,13H,9-11H2,1-3H3,(H,21,22). The molecular weight excluding hydrogens is 312 g/mol. The molecule has 2 rings (SSSR count). The van der Waals surface area contributed by atoms with E-state index in [-0.39, 0.29) is 25.4 Å². The van der Waals surface area contributed by atoms with E-state index in [2.05, 4.69) is 0 Å². The summed E-state index contributed by atoms with van der Waals surface area (Å²) in [4.78, 5) is 38.9. The Morgan fingerprint density at radius 3 is 2.29 bits per heavy atom. The van der Waals surface area contributed by atoms with Crippen LogP contribution in [-0.4, -0.2) is 64.2 Å². The van der Waals surface area contributed by atoms with Gasteiger partial charge < -0.3 is 14.7 Å². The Bertz CT molecular complexity index is 624. The van der Waals surface area contributed by atoms with Crippen LogP contribution < -0.4 is 0 Å². The summed E-state index contributed by atoms with van der Waals surface area (Å²) in [5, 5.41) is 9.20. The van der Waals surface area contributed by atoms with Gasteiger partial charge in [0.2, 0.25) is 0 Å². The number of piperazine rings is 1. The highest BCUT2D eigenvalue weighted by Crippen LogP contribution is 2.19. The van der Waals surface area contributed by atoms with Crippen LogP contribution >= 0.6 is 0 Å². The molecular formula is C17H22N2O5. The van der Waals surface area contributed by atoms with Gasteiger partial charge in [-0.3, -0.25) is 9.69 Å². The predicted molar refractivity (Wildman–Crippen MR) is 87.1 cm³/mol. The number of hydrogen-bond donors (Lipinski definition) is 1. The first kappa shape index (κ1) is 17.8. The van der Waals surface area contributed by atoms with Gasteiger partial charge in [-0.15, -0.1) is 0 Å². The molecule has 2 amide bonds. The molecule has 1 saturated heterocycles. The van der Waals surface area contributed by atoms with Crippen LogP contribution in [0.5, 0.6) is 0 Å². The van der Waals surface area contributed by atoms with E-state index in [0.29, 0.717) is 5.56 Å². The SMILES string of the molecule is CC(C)(C)OC(=O)N1CCN(C(=O)O)CC1C(=O)c1ccccc1. The molecule has 1 aromatic rings. The predicted octanol–water partition coefficient (Wildman–Crippen LogP) is 2.47. The Labute approximate surface area is 140 Å². The molecule has 1 heterocycles. The molecule has 7 heteroatoms. The number of benzene rings is 1. The average Bonchev–Trinajstić information content (AvgIpc) is 2.52. The van der Waals surface area contributed by atoms with Gasteiger partial charge in [0.1, 0.15) is 11.6 Å². The van der Waals surface area contributed by atoms with Crippen LogP contribution in [0.3, 0.4) is 0 Å². The molecule has 0 radical (unpaired) electrons. The molecule has 24 heavy (non-hydrogen) atoms. The lowest BCUT2D eigenvalue weighted by molar-refractivity contribution is 0.00162. The quantitative estimate of drug-likeness (QED) is 0.840. The summed E-state index contributed by atoms with van der Waals surface area (Å²) >= 11 is 0. The molecule has 0 saturated carbocycles. The van der Waals surface area contributed by atoms with Gasteiger partial charge >= 0.3 is 12.2 Å². The van der Waals surface area contributed by atoms with Crippen molar-refractivity contribution in [1.29, 1.82) is 0 Å². The Morgan fingerprint density at radius 1 is 1.12 bits per heavy atom. The summed E-state index contributed by atoms with van der Waals surface area (Å²) in [7, 11) is 0. The summed E-state index contributed by atoms with van der Waals surface area (Å²) in [5.41, 5.74) is -0.259. The van der Waals surface area contributed by atoms with E-state index in [1.165, 1.54) is 4.90 Å². The number of hydrogen-bond acceptors (Lipinski definition) is 4. The minimum atomic E-state index is -1.11. The zero-order chi connectivity index (χ0) is 17.9. The fraction of sp³-hybridized carbons (Fsp3) is 0.471. The molecule has 1 N–H and O–H groups in total. The van der Waals surface area contributed by atoms with Crippen molar-refractivity contribution in [1.82, 2.24) is 9.80 Å².